The van der Waals surface area contributed by atoms with Gasteiger partial charge < -0.3 is 15.5 Å². The zero-order chi connectivity index (χ0) is 20.3. The lowest BCUT2D eigenvalue weighted by Gasteiger charge is -2.38. The van der Waals surface area contributed by atoms with Crippen LogP contribution in [-0.4, -0.2) is 67.7 Å². The first-order chi connectivity index (χ1) is 14.3. The highest BCUT2D eigenvalue weighted by molar-refractivity contribution is 5.79. The average Bonchev–Trinajstić information content (AvgIpc) is 2.78. The molecule has 6 nitrogen and oxygen atoms in total. The zero-order valence-corrected chi connectivity index (χ0v) is 17.7. The molecule has 1 aliphatic rings. The molecule has 3 rings (SSSR count). The number of benzene rings is 1. The molecule has 0 amide bonds. The summed E-state index contributed by atoms with van der Waals surface area (Å²) in [6.07, 6.45) is 2.73. The largest absolute Gasteiger partial charge is 0.369 e. The predicted octanol–water partition coefficient (Wildman–Crippen LogP) is 2.39. The van der Waals surface area contributed by atoms with Gasteiger partial charge in [0, 0.05) is 69.3 Å². The van der Waals surface area contributed by atoms with Crippen molar-refractivity contribution in [3.05, 3.63) is 60.4 Å². The third-order valence-corrected chi connectivity index (χ3v) is 5.32. The van der Waals surface area contributed by atoms with Crippen molar-refractivity contribution in [2.24, 2.45) is 4.99 Å². The van der Waals surface area contributed by atoms with Crippen LogP contribution < -0.4 is 15.5 Å². The Morgan fingerprint density at radius 2 is 1.79 bits per heavy atom. The normalized spacial score (nSPS) is 16.5. The predicted molar refractivity (Wildman–Crippen MR) is 122 cm³/mol. The van der Waals surface area contributed by atoms with Crippen LogP contribution in [0.5, 0.6) is 0 Å². The Labute approximate surface area is 175 Å². The molecule has 0 aliphatic carbocycles. The van der Waals surface area contributed by atoms with E-state index in [4.69, 9.17) is 4.99 Å². The molecule has 1 atom stereocenters. The Hall–Kier alpha value is -2.60. The van der Waals surface area contributed by atoms with Gasteiger partial charge in [0.1, 0.15) is 0 Å². The number of hydrogen-bond donors (Lipinski definition) is 2. The van der Waals surface area contributed by atoms with Crippen molar-refractivity contribution in [2.75, 3.05) is 50.7 Å². The summed E-state index contributed by atoms with van der Waals surface area (Å²) in [5, 5.41) is 6.78. The first-order valence-corrected chi connectivity index (χ1v) is 10.7. The van der Waals surface area contributed by atoms with Gasteiger partial charge in [-0.15, -0.1) is 0 Å². The Balaban J connectivity index is 1.44. The summed E-state index contributed by atoms with van der Waals surface area (Å²) in [7, 11) is 0. The fourth-order valence-corrected chi connectivity index (χ4v) is 3.60. The fraction of sp³-hybridized carbons (Fsp3) is 0.478. The molecule has 0 spiro atoms. The van der Waals surface area contributed by atoms with Crippen LogP contribution in [0.3, 0.4) is 0 Å². The monoisotopic (exact) mass is 394 g/mol. The molecule has 6 heteroatoms. The number of rotatable bonds is 8. The number of nitrogens with one attached hydrogen (secondary N) is 2. The molecule has 2 heterocycles. The second kappa shape index (κ2) is 11.4. The van der Waals surface area contributed by atoms with Gasteiger partial charge in [-0.25, -0.2) is 0 Å². The lowest BCUT2D eigenvalue weighted by atomic mass is 10.2. The second-order valence-electron chi connectivity index (χ2n) is 7.43. The summed E-state index contributed by atoms with van der Waals surface area (Å²) in [5.41, 5.74) is 2.42. The van der Waals surface area contributed by atoms with Crippen molar-refractivity contribution < 1.29 is 0 Å². The topological polar surface area (TPSA) is 55.8 Å². The molecule has 0 saturated carbocycles. The van der Waals surface area contributed by atoms with Crippen LogP contribution in [0.25, 0.3) is 0 Å². The first kappa shape index (κ1) is 21.1. The number of piperazine rings is 1. The SMILES string of the molecule is CCNC(=NCC(C)N1CCN(c2ccccc2)CC1)NCCc1ccccn1. The van der Waals surface area contributed by atoms with E-state index in [0.29, 0.717) is 6.04 Å². The second-order valence-corrected chi connectivity index (χ2v) is 7.43. The molecule has 0 radical (unpaired) electrons. The maximum atomic E-state index is 4.82. The number of aliphatic imine (C=N–C) groups is 1. The molecule has 29 heavy (non-hydrogen) atoms. The van der Waals surface area contributed by atoms with Crippen LogP contribution >= 0.6 is 0 Å². The van der Waals surface area contributed by atoms with Gasteiger partial charge in [-0.05, 0) is 38.1 Å². The zero-order valence-electron chi connectivity index (χ0n) is 17.7. The van der Waals surface area contributed by atoms with Crippen molar-refractivity contribution >= 4 is 11.6 Å². The van der Waals surface area contributed by atoms with Crippen LogP contribution in [-0.2, 0) is 6.42 Å². The van der Waals surface area contributed by atoms with Crippen LogP contribution in [0.1, 0.15) is 19.5 Å². The summed E-state index contributed by atoms with van der Waals surface area (Å²) >= 11 is 0. The Morgan fingerprint density at radius 3 is 2.48 bits per heavy atom. The van der Waals surface area contributed by atoms with E-state index < -0.39 is 0 Å². The van der Waals surface area contributed by atoms with Crippen molar-refractivity contribution in [3.63, 3.8) is 0 Å². The number of pyridine rings is 1. The van der Waals surface area contributed by atoms with Gasteiger partial charge in [-0.3, -0.25) is 14.9 Å². The van der Waals surface area contributed by atoms with Crippen molar-refractivity contribution in [3.8, 4) is 0 Å². The average molecular weight is 395 g/mol. The minimum absolute atomic E-state index is 0.430. The standard InChI is InChI=1S/C23H34N6/c1-3-24-23(26-14-12-21-9-7-8-13-25-21)27-19-20(2)28-15-17-29(18-16-28)22-10-5-4-6-11-22/h4-11,13,20H,3,12,14-19H2,1-2H3,(H2,24,26,27). The van der Waals surface area contributed by atoms with E-state index in [0.717, 1.165) is 63.9 Å². The van der Waals surface area contributed by atoms with Crippen molar-refractivity contribution in [1.29, 1.82) is 0 Å². The van der Waals surface area contributed by atoms with E-state index in [2.05, 4.69) is 75.7 Å². The Kier molecular flexibility index (Phi) is 8.31. The maximum absolute atomic E-state index is 4.82. The molecule has 1 unspecified atom stereocenters. The third kappa shape index (κ3) is 6.75. The van der Waals surface area contributed by atoms with Crippen LogP contribution in [0.2, 0.25) is 0 Å². The van der Waals surface area contributed by atoms with E-state index in [1.807, 2.05) is 18.3 Å². The van der Waals surface area contributed by atoms with E-state index in [9.17, 15) is 0 Å². The van der Waals surface area contributed by atoms with E-state index in [1.165, 1.54) is 5.69 Å². The van der Waals surface area contributed by atoms with Gasteiger partial charge in [0.15, 0.2) is 5.96 Å². The van der Waals surface area contributed by atoms with Crippen molar-refractivity contribution in [1.82, 2.24) is 20.5 Å². The van der Waals surface area contributed by atoms with Gasteiger partial charge in [0.25, 0.3) is 0 Å². The molecule has 1 saturated heterocycles. The van der Waals surface area contributed by atoms with Crippen LogP contribution in [0.15, 0.2) is 59.7 Å². The number of para-hydroxylation sites is 1. The third-order valence-electron chi connectivity index (χ3n) is 5.32. The maximum Gasteiger partial charge on any atom is 0.191 e. The Morgan fingerprint density at radius 1 is 1.03 bits per heavy atom. The molecule has 1 aromatic carbocycles. The minimum Gasteiger partial charge on any atom is -0.369 e. The fourth-order valence-electron chi connectivity index (χ4n) is 3.60. The molecule has 2 N–H and O–H groups in total. The molecule has 0 bridgehead atoms. The van der Waals surface area contributed by atoms with Gasteiger partial charge in [0.05, 0.1) is 6.54 Å². The molecular formula is C23H34N6. The van der Waals surface area contributed by atoms with Gasteiger partial charge in [-0.2, -0.15) is 0 Å². The highest BCUT2D eigenvalue weighted by Crippen LogP contribution is 2.16. The number of aromatic nitrogens is 1. The highest BCUT2D eigenvalue weighted by Gasteiger charge is 2.21. The van der Waals surface area contributed by atoms with Gasteiger partial charge >= 0.3 is 0 Å². The molecule has 1 fully saturated rings. The first-order valence-electron chi connectivity index (χ1n) is 10.7. The van der Waals surface area contributed by atoms with Crippen LogP contribution in [0.4, 0.5) is 5.69 Å². The number of nitrogens with zero attached hydrogens (tertiary/aromatic N) is 4. The molecule has 156 valence electrons. The summed E-state index contributed by atoms with van der Waals surface area (Å²) in [6.45, 7) is 11.2. The quantitative estimate of drug-likeness (QED) is 0.532. The molecular weight excluding hydrogens is 360 g/mol. The number of guanidine groups is 1. The van der Waals surface area contributed by atoms with Crippen LogP contribution in [0, 0.1) is 0 Å². The summed E-state index contributed by atoms with van der Waals surface area (Å²) < 4.78 is 0. The van der Waals surface area contributed by atoms with E-state index in [1.54, 1.807) is 0 Å². The number of anilines is 1. The van der Waals surface area contributed by atoms with Gasteiger partial charge in [0.2, 0.25) is 0 Å². The minimum atomic E-state index is 0.430. The van der Waals surface area contributed by atoms with Gasteiger partial charge in [-0.1, -0.05) is 24.3 Å². The number of hydrogen-bond acceptors (Lipinski definition) is 4. The van der Waals surface area contributed by atoms with E-state index in [-0.39, 0.29) is 0 Å². The van der Waals surface area contributed by atoms with Crippen molar-refractivity contribution in [2.45, 2.75) is 26.3 Å². The molecule has 2 aromatic rings. The molecule has 1 aromatic heterocycles. The summed E-state index contributed by atoms with van der Waals surface area (Å²) in [5.74, 6) is 0.887. The summed E-state index contributed by atoms with van der Waals surface area (Å²) in [6, 6.07) is 17.2. The lowest BCUT2D eigenvalue weighted by molar-refractivity contribution is 0.201. The highest BCUT2D eigenvalue weighted by atomic mass is 15.3. The summed E-state index contributed by atoms with van der Waals surface area (Å²) in [4.78, 5) is 14.2. The van der Waals surface area contributed by atoms with E-state index >= 15 is 0 Å². The lowest BCUT2D eigenvalue weighted by Crippen LogP contribution is -2.50. The Bertz CT molecular complexity index is 726. The molecule has 1 aliphatic heterocycles. The smallest absolute Gasteiger partial charge is 0.191 e.